The first-order chi connectivity index (χ1) is 12.7. The summed E-state index contributed by atoms with van der Waals surface area (Å²) in [4.78, 5) is 24.6. The molecular weight excluding hydrogens is 330 g/mol. The van der Waals surface area contributed by atoms with Crippen molar-refractivity contribution in [2.75, 3.05) is 13.1 Å². The Morgan fingerprint density at radius 3 is 3.08 bits per heavy atom. The van der Waals surface area contributed by atoms with Gasteiger partial charge in [-0.25, -0.2) is 19.3 Å². The molecule has 4 aromatic rings. The minimum atomic E-state index is -0.129. The first kappa shape index (κ1) is 15.3. The van der Waals surface area contributed by atoms with E-state index in [9.17, 15) is 4.79 Å². The normalized spacial score (nSPS) is 18.0. The van der Waals surface area contributed by atoms with Crippen molar-refractivity contribution >= 4 is 16.7 Å². The predicted molar refractivity (Wildman–Crippen MR) is 98.2 cm³/mol. The van der Waals surface area contributed by atoms with Gasteiger partial charge in [0.25, 0.3) is 0 Å². The molecule has 132 valence electrons. The third-order valence-electron chi connectivity index (χ3n) is 5.01. The quantitative estimate of drug-likeness (QED) is 0.574. The van der Waals surface area contributed by atoms with Crippen LogP contribution < -0.4 is 11.0 Å². The lowest BCUT2D eigenvalue weighted by Crippen LogP contribution is -2.35. The molecule has 0 aliphatic carbocycles. The maximum Gasteiger partial charge on any atom is 0.328 e. The van der Waals surface area contributed by atoms with E-state index in [-0.39, 0.29) is 11.7 Å². The summed E-state index contributed by atoms with van der Waals surface area (Å²) in [6.07, 6.45) is 7.40. The van der Waals surface area contributed by atoms with Crippen molar-refractivity contribution in [3.8, 4) is 11.4 Å². The first-order valence-corrected chi connectivity index (χ1v) is 8.83. The van der Waals surface area contributed by atoms with Gasteiger partial charge in [0, 0.05) is 12.7 Å². The highest BCUT2D eigenvalue weighted by Crippen LogP contribution is 2.24. The van der Waals surface area contributed by atoms with Crippen LogP contribution in [0.3, 0.4) is 0 Å². The average molecular weight is 349 g/mol. The third-order valence-corrected chi connectivity index (χ3v) is 5.01. The van der Waals surface area contributed by atoms with E-state index in [1.807, 2.05) is 23.7 Å². The van der Waals surface area contributed by atoms with Crippen LogP contribution in [0.5, 0.6) is 0 Å². The molecule has 8 nitrogen and oxygen atoms in total. The number of aryl methyl sites for hydroxylation is 1. The summed E-state index contributed by atoms with van der Waals surface area (Å²) >= 11 is 0. The van der Waals surface area contributed by atoms with Gasteiger partial charge in [0.15, 0.2) is 11.5 Å². The van der Waals surface area contributed by atoms with Crippen LogP contribution in [-0.4, -0.2) is 42.2 Å². The van der Waals surface area contributed by atoms with E-state index < -0.39 is 0 Å². The largest absolute Gasteiger partial charge is 0.328 e. The van der Waals surface area contributed by atoms with Gasteiger partial charge >= 0.3 is 5.69 Å². The number of rotatable bonds is 2. The Hall–Kier alpha value is -3.00. The van der Waals surface area contributed by atoms with Crippen LogP contribution in [0.2, 0.25) is 0 Å². The second kappa shape index (κ2) is 5.77. The van der Waals surface area contributed by atoms with Crippen molar-refractivity contribution in [2.45, 2.75) is 25.8 Å². The molecule has 4 aromatic heterocycles. The van der Waals surface area contributed by atoms with Gasteiger partial charge in [0.2, 0.25) is 0 Å². The van der Waals surface area contributed by atoms with Crippen LogP contribution in [-0.2, 0) is 0 Å². The van der Waals surface area contributed by atoms with E-state index in [2.05, 4.69) is 26.4 Å². The van der Waals surface area contributed by atoms with Crippen LogP contribution in [0, 0.1) is 6.92 Å². The van der Waals surface area contributed by atoms with Gasteiger partial charge in [-0.05, 0) is 44.0 Å². The Morgan fingerprint density at radius 1 is 1.31 bits per heavy atom. The minimum Gasteiger partial charge on any atom is -0.315 e. The maximum absolute atomic E-state index is 12.5. The highest BCUT2D eigenvalue weighted by molar-refractivity contribution is 5.79. The highest BCUT2D eigenvalue weighted by Gasteiger charge is 2.21. The lowest BCUT2D eigenvalue weighted by molar-refractivity contribution is 0.370. The molecule has 0 amide bonds. The van der Waals surface area contributed by atoms with Crippen LogP contribution >= 0.6 is 0 Å². The zero-order valence-corrected chi connectivity index (χ0v) is 14.4. The molecule has 26 heavy (non-hydrogen) atoms. The Morgan fingerprint density at radius 2 is 2.23 bits per heavy atom. The smallest absolute Gasteiger partial charge is 0.315 e. The van der Waals surface area contributed by atoms with Crippen molar-refractivity contribution in [1.82, 2.24) is 34.4 Å². The molecule has 0 spiro atoms. The monoisotopic (exact) mass is 349 g/mol. The SMILES string of the molecule is Cc1ccn2ncc(-c3ncc4[nH]c(=O)n([C@H]5CCCNC5)c4n3)c2c1. The van der Waals surface area contributed by atoms with Crippen molar-refractivity contribution in [1.29, 1.82) is 0 Å². The van der Waals surface area contributed by atoms with Gasteiger partial charge < -0.3 is 10.3 Å². The van der Waals surface area contributed by atoms with Crippen molar-refractivity contribution in [3.63, 3.8) is 0 Å². The zero-order chi connectivity index (χ0) is 17.7. The lowest BCUT2D eigenvalue weighted by Gasteiger charge is -2.23. The van der Waals surface area contributed by atoms with Crippen molar-refractivity contribution in [3.05, 3.63) is 46.8 Å². The summed E-state index contributed by atoms with van der Waals surface area (Å²) in [6, 6.07) is 4.18. The van der Waals surface area contributed by atoms with E-state index in [1.165, 1.54) is 0 Å². The van der Waals surface area contributed by atoms with E-state index in [4.69, 9.17) is 4.98 Å². The lowest BCUT2D eigenvalue weighted by atomic mass is 10.1. The summed E-state index contributed by atoms with van der Waals surface area (Å²) < 4.78 is 3.58. The fourth-order valence-corrected chi connectivity index (χ4v) is 3.70. The van der Waals surface area contributed by atoms with E-state index in [0.717, 1.165) is 42.6 Å². The number of aromatic nitrogens is 6. The number of aromatic amines is 1. The number of hydrogen-bond acceptors (Lipinski definition) is 5. The molecule has 0 bridgehead atoms. The van der Waals surface area contributed by atoms with Gasteiger partial charge in [-0.2, -0.15) is 5.10 Å². The van der Waals surface area contributed by atoms with Gasteiger partial charge in [-0.15, -0.1) is 0 Å². The Kier molecular flexibility index (Phi) is 3.39. The molecule has 0 unspecified atom stereocenters. The van der Waals surface area contributed by atoms with Crippen molar-refractivity contribution < 1.29 is 0 Å². The predicted octanol–water partition coefficient (Wildman–Crippen LogP) is 1.67. The minimum absolute atomic E-state index is 0.110. The summed E-state index contributed by atoms with van der Waals surface area (Å²) in [5, 5.41) is 7.74. The summed E-state index contributed by atoms with van der Waals surface area (Å²) in [5.41, 5.74) is 4.14. The maximum atomic E-state index is 12.5. The number of pyridine rings is 1. The Balaban J connectivity index is 1.69. The molecule has 1 aliphatic heterocycles. The van der Waals surface area contributed by atoms with Crippen LogP contribution in [0.15, 0.2) is 35.5 Å². The van der Waals surface area contributed by atoms with Crippen LogP contribution in [0.25, 0.3) is 28.1 Å². The van der Waals surface area contributed by atoms with Gasteiger partial charge in [-0.3, -0.25) is 4.57 Å². The molecule has 1 atom stereocenters. The fraction of sp³-hybridized carbons (Fsp3) is 0.333. The molecule has 8 heteroatoms. The van der Waals surface area contributed by atoms with Crippen molar-refractivity contribution in [2.24, 2.45) is 0 Å². The molecule has 1 aliphatic rings. The molecular formula is C18H19N7O. The molecule has 5 rings (SSSR count). The molecule has 2 N–H and O–H groups in total. The molecule has 5 heterocycles. The number of hydrogen-bond donors (Lipinski definition) is 2. The zero-order valence-electron chi connectivity index (χ0n) is 14.4. The number of nitrogens with zero attached hydrogens (tertiary/aromatic N) is 5. The van der Waals surface area contributed by atoms with Gasteiger partial charge in [-0.1, -0.05) is 0 Å². The van der Waals surface area contributed by atoms with E-state index in [1.54, 1.807) is 17.0 Å². The van der Waals surface area contributed by atoms with Gasteiger partial charge in [0.1, 0.15) is 5.52 Å². The molecule has 1 saturated heterocycles. The fourth-order valence-electron chi connectivity index (χ4n) is 3.70. The third kappa shape index (κ3) is 2.33. The topological polar surface area (TPSA) is 92.9 Å². The molecule has 0 aromatic carbocycles. The number of nitrogens with one attached hydrogen (secondary N) is 2. The Labute approximate surface area is 148 Å². The number of H-pyrrole nitrogens is 1. The number of imidazole rings is 1. The number of fused-ring (bicyclic) bond motifs is 2. The highest BCUT2D eigenvalue weighted by atomic mass is 16.1. The second-order valence-electron chi connectivity index (χ2n) is 6.82. The van der Waals surface area contributed by atoms with Crippen LogP contribution in [0.4, 0.5) is 0 Å². The Bertz CT molecular complexity index is 1160. The standard InChI is InChI=1S/C18H19N7O/c1-11-4-6-24-15(7-11)13(9-21-24)16-20-10-14-17(23-16)25(18(26)22-14)12-3-2-5-19-8-12/h4,6-7,9-10,12,19H,2-3,5,8H2,1H3,(H,22,26)/t12-/m0/s1. The summed E-state index contributed by atoms with van der Waals surface area (Å²) in [6.45, 7) is 3.82. The van der Waals surface area contributed by atoms with E-state index >= 15 is 0 Å². The molecule has 0 saturated carbocycles. The van der Waals surface area contributed by atoms with Crippen LogP contribution in [0.1, 0.15) is 24.4 Å². The van der Waals surface area contributed by atoms with Gasteiger partial charge in [0.05, 0.1) is 29.5 Å². The average Bonchev–Trinajstić information content (AvgIpc) is 3.21. The molecule has 1 fully saturated rings. The second-order valence-corrected chi connectivity index (χ2v) is 6.82. The first-order valence-electron chi connectivity index (χ1n) is 8.83. The van der Waals surface area contributed by atoms with E-state index in [0.29, 0.717) is 17.0 Å². The summed E-state index contributed by atoms with van der Waals surface area (Å²) in [7, 11) is 0. The number of piperidine rings is 1. The summed E-state index contributed by atoms with van der Waals surface area (Å²) in [5.74, 6) is 0.578. The molecule has 0 radical (unpaired) electrons.